The van der Waals surface area contributed by atoms with Gasteiger partial charge in [-0.25, -0.2) is 4.79 Å². The summed E-state index contributed by atoms with van der Waals surface area (Å²) in [6.07, 6.45) is 2.34. The molecule has 0 aliphatic carbocycles. The average Bonchev–Trinajstić information content (AvgIpc) is 2.70. The molecule has 17 heavy (non-hydrogen) atoms. The van der Waals surface area contributed by atoms with Gasteiger partial charge in [-0.05, 0) is 47.1 Å². The fraction of sp³-hybridized carbons (Fsp3) is 0.400. The Morgan fingerprint density at radius 3 is 2.82 bits per heavy atom. The highest BCUT2D eigenvalue weighted by molar-refractivity contribution is 14.1. The van der Waals surface area contributed by atoms with Gasteiger partial charge in [0.25, 0.3) is 5.91 Å². The molecule has 0 saturated carbocycles. The molecule has 0 aliphatic rings. The summed E-state index contributed by atoms with van der Waals surface area (Å²) in [6.45, 7) is 0. The van der Waals surface area contributed by atoms with Crippen LogP contribution in [0.3, 0.4) is 0 Å². The summed E-state index contributed by atoms with van der Waals surface area (Å²) in [5.41, 5.74) is 0.523. The van der Waals surface area contributed by atoms with Crippen molar-refractivity contribution in [2.75, 3.05) is 12.0 Å². The van der Waals surface area contributed by atoms with Gasteiger partial charge in [0.2, 0.25) is 0 Å². The van der Waals surface area contributed by atoms with Gasteiger partial charge < -0.3 is 10.4 Å². The lowest BCUT2D eigenvalue weighted by Gasteiger charge is -2.13. The number of carbonyl (C=O) groups is 2. The molecule has 0 saturated heterocycles. The first kappa shape index (κ1) is 14.8. The minimum atomic E-state index is -0.989. The maximum absolute atomic E-state index is 11.8. The summed E-state index contributed by atoms with van der Waals surface area (Å²) < 4.78 is 1.00. The van der Waals surface area contributed by atoms with Crippen molar-refractivity contribution in [3.8, 4) is 0 Å². The van der Waals surface area contributed by atoms with Crippen molar-refractivity contribution < 1.29 is 14.7 Å². The number of nitrogens with one attached hydrogen (secondary N) is 1. The van der Waals surface area contributed by atoms with Crippen LogP contribution in [-0.2, 0) is 4.79 Å². The number of thiophene rings is 1. The maximum atomic E-state index is 11.8. The topological polar surface area (TPSA) is 66.4 Å². The van der Waals surface area contributed by atoms with Gasteiger partial charge >= 0.3 is 5.97 Å². The maximum Gasteiger partial charge on any atom is 0.326 e. The second-order valence-electron chi connectivity index (χ2n) is 3.29. The first-order valence-electron chi connectivity index (χ1n) is 4.81. The molecular weight excluding hydrogens is 373 g/mol. The Morgan fingerprint density at radius 2 is 2.35 bits per heavy atom. The first-order valence-corrected chi connectivity index (χ1v) is 8.16. The third-order valence-corrected chi connectivity index (χ3v) is 4.48. The molecule has 4 nitrogen and oxygen atoms in total. The van der Waals surface area contributed by atoms with Crippen LogP contribution in [0.4, 0.5) is 0 Å². The van der Waals surface area contributed by atoms with Crippen LogP contribution in [-0.4, -0.2) is 35.0 Å². The fourth-order valence-corrected chi connectivity index (χ4v) is 2.96. The van der Waals surface area contributed by atoms with Crippen molar-refractivity contribution in [3.63, 3.8) is 0 Å². The van der Waals surface area contributed by atoms with E-state index in [-0.39, 0.29) is 5.91 Å². The molecule has 0 aliphatic heterocycles. The second kappa shape index (κ2) is 7.22. The largest absolute Gasteiger partial charge is 0.480 e. The van der Waals surface area contributed by atoms with Crippen LogP contribution in [0.5, 0.6) is 0 Å². The zero-order chi connectivity index (χ0) is 12.8. The van der Waals surface area contributed by atoms with Gasteiger partial charge in [-0.15, -0.1) is 11.3 Å². The summed E-state index contributed by atoms with van der Waals surface area (Å²) >= 11 is 5.14. The second-order valence-corrected chi connectivity index (χ2v) is 7.08. The van der Waals surface area contributed by atoms with Crippen molar-refractivity contribution in [1.29, 1.82) is 0 Å². The minimum absolute atomic E-state index is 0.322. The Kier molecular flexibility index (Phi) is 6.28. The third-order valence-electron chi connectivity index (χ3n) is 2.04. The lowest BCUT2D eigenvalue weighted by Crippen LogP contribution is -2.41. The first-order chi connectivity index (χ1) is 8.04. The average molecular weight is 385 g/mol. The zero-order valence-corrected chi connectivity index (χ0v) is 12.9. The summed E-state index contributed by atoms with van der Waals surface area (Å²) in [6, 6.07) is 0.932. The Balaban J connectivity index is 2.60. The summed E-state index contributed by atoms with van der Waals surface area (Å²) in [5.74, 6) is -0.603. The summed E-state index contributed by atoms with van der Waals surface area (Å²) in [7, 11) is 0. The Morgan fingerprint density at radius 1 is 1.65 bits per heavy atom. The van der Waals surface area contributed by atoms with E-state index < -0.39 is 12.0 Å². The number of rotatable bonds is 6. The van der Waals surface area contributed by atoms with Crippen LogP contribution in [0.2, 0.25) is 0 Å². The van der Waals surface area contributed by atoms with Crippen LogP contribution in [0.1, 0.15) is 16.8 Å². The third kappa shape index (κ3) is 4.84. The van der Waals surface area contributed by atoms with Crippen LogP contribution < -0.4 is 5.32 Å². The van der Waals surface area contributed by atoms with Crippen LogP contribution in [0.15, 0.2) is 11.4 Å². The molecule has 1 unspecified atom stereocenters. The van der Waals surface area contributed by atoms with E-state index >= 15 is 0 Å². The molecule has 1 aromatic rings. The van der Waals surface area contributed by atoms with Gasteiger partial charge in [0.15, 0.2) is 0 Å². The van der Waals surface area contributed by atoms with E-state index in [1.54, 1.807) is 23.2 Å². The smallest absolute Gasteiger partial charge is 0.326 e. The van der Waals surface area contributed by atoms with Crippen molar-refractivity contribution in [2.45, 2.75) is 12.5 Å². The van der Waals surface area contributed by atoms with Crippen molar-refractivity contribution >= 4 is 57.6 Å². The molecule has 0 bridgehead atoms. The van der Waals surface area contributed by atoms with Crippen LogP contribution >= 0.6 is 45.7 Å². The van der Waals surface area contributed by atoms with E-state index in [1.807, 2.05) is 6.26 Å². The molecule has 1 aromatic heterocycles. The molecule has 0 fully saturated rings. The highest BCUT2D eigenvalue weighted by Gasteiger charge is 2.20. The molecule has 1 amide bonds. The van der Waals surface area contributed by atoms with Crippen molar-refractivity contribution in [3.05, 3.63) is 19.9 Å². The molecule has 0 spiro atoms. The molecule has 1 rings (SSSR count). The molecule has 2 N–H and O–H groups in total. The number of carbonyl (C=O) groups excluding carboxylic acids is 1. The van der Waals surface area contributed by atoms with E-state index in [0.29, 0.717) is 17.7 Å². The van der Waals surface area contributed by atoms with Crippen molar-refractivity contribution in [2.24, 2.45) is 0 Å². The summed E-state index contributed by atoms with van der Waals surface area (Å²) in [4.78, 5) is 22.7. The number of hydrogen-bond acceptors (Lipinski definition) is 4. The molecular formula is C10H12INO3S2. The fourth-order valence-electron chi connectivity index (χ4n) is 1.16. The Hall–Kier alpha value is -0.280. The van der Waals surface area contributed by atoms with E-state index in [1.165, 1.54) is 11.3 Å². The normalized spacial score (nSPS) is 12.1. The molecule has 7 heteroatoms. The molecule has 94 valence electrons. The zero-order valence-electron chi connectivity index (χ0n) is 9.10. The Labute approximate surface area is 121 Å². The predicted octanol–water partition coefficient (Wildman–Crippen LogP) is 2.29. The molecule has 1 heterocycles. The van der Waals surface area contributed by atoms with E-state index in [9.17, 15) is 9.59 Å². The Bertz CT molecular complexity index is 408. The number of carboxylic acid groups (broad SMARTS) is 1. The van der Waals surface area contributed by atoms with E-state index in [4.69, 9.17) is 5.11 Å². The van der Waals surface area contributed by atoms with Crippen molar-refractivity contribution in [1.82, 2.24) is 5.32 Å². The number of aliphatic carboxylic acids is 1. The van der Waals surface area contributed by atoms with E-state index in [2.05, 4.69) is 27.9 Å². The highest BCUT2D eigenvalue weighted by atomic mass is 127. The number of carboxylic acids is 1. The number of amides is 1. The van der Waals surface area contributed by atoms with E-state index in [0.717, 1.165) is 2.88 Å². The molecule has 1 atom stereocenters. The van der Waals surface area contributed by atoms with Crippen LogP contribution in [0.25, 0.3) is 0 Å². The van der Waals surface area contributed by atoms with Gasteiger partial charge in [-0.1, -0.05) is 0 Å². The van der Waals surface area contributed by atoms with Gasteiger partial charge in [0.05, 0.1) is 8.45 Å². The lowest BCUT2D eigenvalue weighted by molar-refractivity contribution is -0.139. The van der Waals surface area contributed by atoms with Gasteiger partial charge in [0, 0.05) is 5.38 Å². The minimum Gasteiger partial charge on any atom is -0.480 e. The van der Waals surface area contributed by atoms with Crippen LogP contribution in [0, 0.1) is 2.88 Å². The van der Waals surface area contributed by atoms with Gasteiger partial charge in [-0.2, -0.15) is 11.8 Å². The monoisotopic (exact) mass is 385 g/mol. The summed E-state index contributed by atoms with van der Waals surface area (Å²) in [5, 5.41) is 13.2. The standard InChI is InChI=1S/C10H12INO3S2/c1-16-3-2-7(10(14)15)12-9(13)6-4-8(11)17-5-6/h4-5,7H,2-3H2,1H3,(H,12,13)(H,14,15). The quantitative estimate of drug-likeness (QED) is 0.738. The number of thioether (sulfide) groups is 1. The molecule has 0 radical (unpaired) electrons. The number of hydrogen-bond donors (Lipinski definition) is 2. The van der Waals surface area contributed by atoms with Gasteiger partial charge in [0.1, 0.15) is 6.04 Å². The number of halogens is 1. The predicted molar refractivity (Wildman–Crippen MR) is 78.9 cm³/mol. The van der Waals surface area contributed by atoms with Gasteiger partial charge in [-0.3, -0.25) is 4.79 Å². The molecule has 0 aromatic carbocycles. The SMILES string of the molecule is CSCCC(NC(=O)c1csc(I)c1)C(=O)O. The lowest BCUT2D eigenvalue weighted by atomic mass is 10.2. The highest BCUT2D eigenvalue weighted by Crippen LogP contribution is 2.16.